The Hall–Kier alpha value is -2.10. The molecular weight excluding hydrogens is 244 g/mol. The Labute approximate surface area is 113 Å². The average Bonchev–Trinajstić information content (AvgIpc) is 2.46. The Kier molecular flexibility index (Phi) is 7.02. The average molecular weight is 262 g/mol. The van der Waals surface area contributed by atoms with Gasteiger partial charge in [-0.1, -0.05) is 30.4 Å². The number of benzene rings is 1. The molecule has 0 unspecified atom stereocenters. The molecule has 0 N–H and O–H groups in total. The van der Waals surface area contributed by atoms with Gasteiger partial charge in [0.15, 0.2) is 0 Å². The lowest BCUT2D eigenvalue weighted by atomic mass is 10.2. The predicted molar refractivity (Wildman–Crippen MR) is 71.7 cm³/mol. The van der Waals surface area contributed by atoms with Crippen molar-refractivity contribution >= 4 is 11.9 Å². The van der Waals surface area contributed by atoms with Gasteiger partial charge in [0, 0.05) is 6.42 Å². The molecule has 0 radical (unpaired) electrons. The van der Waals surface area contributed by atoms with Crippen molar-refractivity contribution in [1.29, 1.82) is 0 Å². The van der Waals surface area contributed by atoms with Gasteiger partial charge in [0.25, 0.3) is 0 Å². The van der Waals surface area contributed by atoms with Crippen LogP contribution < -0.4 is 0 Å². The summed E-state index contributed by atoms with van der Waals surface area (Å²) in [6.45, 7) is 0.242. The molecule has 4 heteroatoms. The molecule has 4 nitrogen and oxygen atoms in total. The monoisotopic (exact) mass is 262 g/mol. The zero-order chi connectivity index (χ0) is 13.9. The molecule has 0 bridgehead atoms. The van der Waals surface area contributed by atoms with Gasteiger partial charge in [-0.15, -0.1) is 0 Å². The normalized spacial score (nSPS) is 10.4. The third-order valence-electron chi connectivity index (χ3n) is 2.47. The molecule has 1 rings (SSSR count). The van der Waals surface area contributed by atoms with E-state index in [1.807, 2.05) is 12.1 Å². The number of rotatable bonds is 7. The fourth-order valence-electron chi connectivity index (χ4n) is 1.43. The lowest BCUT2D eigenvalue weighted by molar-refractivity contribution is -0.140. The summed E-state index contributed by atoms with van der Waals surface area (Å²) in [6, 6.07) is 8.85. The van der Waals surface area contributed by atoms with E-state index >= 15 is 0 Å². The summed E-state index contributed by atoms with van der Waals surface area (Å²) in [4.78, 5) is 22.4. The fraction of sp³-hybridized carbons (Fsp3) is 0.333. The highest BCUT2D eigenvalue weighted by molar-refractivity contribution is 5.89. The van der Waals surface area contributed by atoms with E-state index in [-0.39, 0.29) is 18.5 Å². The molecule has 0 saturated carbocycles. The minimum Gasteiger partial charge on any atom is -0.469 e. The highest BCUT2D eigenvalue weighted by Gasteiger charge is 2.03. The Balaban J connectivity index is 2.13. The summed E-state index contributed by atoms with van der Waals surface area (Å²) in [5.41, 5.74) is 0.543. The summed E-state index contributed by atoms with van der Waals surface area (Å²) in [6.07, 6.45) is 5.57. The van der Waals surface area contributed by atoms with Crippen LogP contribution >= 0.6 is 0 Å². The van der Waals surface area contributed by atoms with Gasteiger partial charge in [-0.2, -0.15) is 0 Å². The predicted octanol–water partition coefficient (Wildman–Crippen LogP) is 2.74. The maximum absolute atomic E-state index is 11.5. The summed E-state index contributed by atoms with van der Waals surface area (Å²) in [7, 11) is 1.38. The number of allylic oxidation sites excluding steroid dienone is 1. The molecule has 0 aliphatic rings. The van der Waals surface area contributed by atoms with Gasteiger partial charge in [-0.3, -0.25) is 4.79 Å². The Morgan fingerprint density at radius 3 is 2.58 bits per heavy atom. The molecule has 0 amide bonds. The Morgan fingerprint density at radius 1 is 1.16 bits per heavy atom. The van der Waals surface area contributed by atoms with E-state index in [0.717, 1.165) is 12.8 Å². The van der Waals surface area contributed by atoms with Crippen molar-refractivity contribution in [1.82, 2.24) is 0 Å². The molecular formula is C15H18O4. The van der Waals surface area contributed by atoms with Crippen LogP contribution in [-0.2, 0) is 14.3 Å². The number of esters is 2. The first-order chi connectivity index (χ1) is 9.24. The van der Waals surface area contributed by atoms with Crippen molar-refractivity contribution in [2.45, 2.75) is 19.3 Å². The number of methoxy groups -OCH3 is 1. The molecule has 0 aliphatic carbocycles. The Morgan fingerprint density at radius 2 is 1.89 bits per heavy atom. The topological polar surface area (TPSA) is 52.6 Å². The van der Waals surface area contributed by atoms with Crippen LogP contribution in [0.2, 0.25) is 0 Å². The van der Waals surface area contributed by atoms with Crippen molar-refractivity contribution in [3.05, 3.63) is 48.0 Å². The van der Waals surface area contributed by atoms with Crippen molar-refractivity contribution in [3.63, 3.8) is 0 Å². The maximum atomic E-state index is 11.5. The molecule has 0 heterocycles. The Bertz CT molecular complexity index is 423. The number of hydrogen-bond donors (Lipinski definition) is 0. The number of carbonyl (C=O) groups is 2. The quantitative estimate of drug-likeness (QED) is 0.431. The molecule has 0 fully saturated rings. The van der Waals surface area contributed by atoms with Crippen LogP contribution in [0.15, 0.2) is 42.5 Å². The number of ether oxygens (including phenoxy) is 2. The molecule has 0 aromatic heterocycles. The molecule has 102 valence electrons. The highest BCUT2D eigenvalue weighted by Crippen LogP contribution is 2.02. The molecule has 0 saturated heterocycles. The number of hydrogen-bond acceptors (Lipinski definition) is 4. The SMILES string of the molecule is COC(=O)CCC/C=C/COC(=O)c1ccccc1. The standard InChI is InChI=1S/C15H18O4/c1-18-14(16)11-7-2-3-8-12-19-15(17)13-9-5-4-6-10-13/h3-6,8-10H,2,7,11-12H2,1H3/b8-3+. The zero-order valence-electron chi connectivity index (χ0n) is 11.0. The van der Waals surface area contributed by atoms with E-state index in [4.69, 9.17) is 4.74 Å². The molecule has 0 aliphatic heterocycles. The largest absolute Gasteiger partial charge is 0.469 e. The third-order valence-corrected chi connectivity index (χ3v) is 2.47. The van der Waals surface area contributed by atoms with Crippen LogP contribution in [0.3, 0.4) is 0 Å². The van der Waals surface area contributed by atoms with E-state index in [1.54, 1.807) is 30.3 Å². The third kappa shape index (κ3) is 6.41. The second-order valence-electron chi connectivity index (χ2n) is 3.90. The molecule has 0 atom stereocenters. The summed E-state index contributed by atoms with van der Waals surface area (Å²) >= 11 is 0. The van der Waals surface area contributed by atoms with Crippen LogP contribution in [-0.4, -0.2) is 25.7 Å². The zero-order valence-corrected chi connectivity index (χ0v) is 11.0. The van der Waals surface area contributed by atoms with Crippen LogP contribution in [0, 0.1) is 0 Å². The fourth-order valence-corrected chi connectivity index (χ4v) is 1.43. The van der Waals surface area contributed by atoms with Crippen LogP contribution in [0.5, 0.6) is 0 Å². The van der Waals surface area contributed by atoms with Gasteiger partial charge in [0.05, 0.1) is 12.7 Å². The lowest BCUT2D eigenvalue weighted by Gasteiger charge is -2.01. The van der Waals surface area contributed by atoms with Gasteiger partial charge in [0.2, 0.25) is 0 Å². The van der Waals surface area contributed by atoms with Crippen LogP contribution in [0.1, 0.15) is 29.6 Å². The summed E-state index contributed by atoms with van der Waals surface area (Å²) < 4.78 is 9.59. The van der Waals surface area contributed by atoms with E-state index in [2.05, 4.69) is 4.74 Å². The first-order valence-corrected chi connectivity index (χ1v) is 6.18. The molecule has 19 heavy (non-hydrogen) atoms. The van der Waals surface area contributed by atoms with Gasteiger partial charge >= 0.3 is 11.9 Å². The van der Waals surface area contributed by atoms with E-state index < -0.39 is 0 Å². The summed E-state index contributed by atoms with van der Waals surface area (Å²) in [5.74, 6) is -0.538. The van der Waals surface area contributed by atoms with Crippen LogP contribution in [0.4, 0.5) is 0 Å². The summed E-state index contributed by atoms with van der Waals surface area (Å²) in [5, 5.41) is 0. The highest BCUT2D eigenvalue weighted by atomic mass is 16.5. The molecule has 1 aromatic rings. The minimum absolute atomic E-state index is 0.205. The first kappa shape index (κ1) is 15.0. The second-order valence-corrected chi connectivity index (χ2v) is 3.90. The minimum atomic E-state index is -0.334. The van der Waals surface area contributed by atoms with Crippen LogP contribution in [0.25, 0.3) is 0 Å². The van der Waals surface area contributed by atoms with Gasteiger partial charge in [0.1, 0.15) is 6.61 Å². The second kappa shape index (κ2) is 8.91. The molecule has 1 aromatic carbocycles. The van der Waals surface area contributed by atoms with Gasteiger partial charge in [-0.25, -0.2) is 4.79 Å². The molecule has 0 spiro atoms. The van der Waals surface area contributed by atoms with Gasteiger partial charge in [-0.05, 0) is 25.0 Å². The smallest absolute Gasteiger partial charge is 0.338 e. The van der Waals surface area contributed by atoms with Crippen molar-refractivity contribution in [2.75, 3.05) is 13.7 Å². The lowest BCUT2D eigenvalue weighted by Crippen LogP contribution is -2.04. The van der Waals surface area contributed by atoms with E-state index in [0.29, 0.717) is 12.0 Å². The van der Waals surface area contributed by atoms with Crippen molar-refractivity contribution in [2.24, 2.45) is 0 Å². The number of carbonyl (C=O) groups excluding carboxylic acids is 2. The maximum Gasteiger partial charge on any atom is 0.338 e. The number of unbranched alkanes of at least 4 members (excludes halogenated alkanes) is 1. The van der Waals surface area contributed by atoms with Crippen molar-refractivity contribution in [3.8, 4) is 0 Å². The first-order valence-electron chi connectivity index (χ1n) is 6.18. The van der Waals surface area contributed by atoms with Gasteiger partial charge < -0.3 is 9.47 Å². The van der Waals surface area contributed by atoms with E-state index in [9.17, 15) is 9.59 Å². The van der Waals surface area contributed by atoms with Crippen molar-refractivity contribution < 1.29 is 19.1 Å². The van der Waals surface area contributed by atoms with E-state index in [1.165, 1.54) is 7.11 Å².